The molecule has 1 amide bonds. The van der Waals surface area contributed by atoms with Crippen LogP contribution in [-0.4, -0.2) is 88.9 Å². The summed E-state index contributed by atoms with van der Waals surface area (Å²) in [4.78, 5) is 27.9. The van der Waals surface area contributed by atoms with E-state index in [4.69, 9.17) is 19.4 Å². The van der Waals surface area contributed by atoms with Gasteiger partial charge < -0.3 is 19.3 Å². The molecule has 5 rings (SSSR count). The molecule has 9 nitrogen and oxygen atoms in total. The van der Waals surface area contributed by atoms with Gasteiger partial charge in [-0.2, -0.15) is 15.2 Å². The van der Waals surface area contributed by atoms with Gasteiger partial charge in [0.15, 0.2) is 0 Å². The van der Waals surface area contributed by atoms with Crippen LogP contribution in [0.15, 0.2) is 12.7 Å². The summed E-state index contributed by atoms with van der Waals surface area (Å²) < 4.78 is 26.3. The molecule has 10 heteroatoms. The van der Waals surface area contributed by atoms with Gasteiger partial charge in [-0.15, -0.1) is 0 Å². The largest absolute Gasteiger partial charge is 0.461 e. The molecule has 0 aliphatic carbocycles. The lowest BCUT2D eigenvalue weighted by molar-refractivity contribution is -0.128. The molecule has 4 atom stereocenters. The van der Waals surface area contributed by atoms with Gasteiger partial charge in [-0.3, -0.25) is 9.69 Å². The summed E-state index contributed by atoms with van der Waals surface area (Å²) in [6.45, 7) is 9.29. The minimum atomic E-state index is -0.816. The van der Waals surface area contributed by atoms with Crippen LogP contribution in [0.5, 0.6) is 6.01 Å². The van der Waals surface area contributed by atoms with Gasteiger partial charge in [-0.1, -0.05) is 6.58 Å². The topological polar surface area (TPSA) is 94.8 Å². The van der Waals surface area contributed by atoms with Crippen LogP contribution >= 0.6 is 0 Å². The number of amides is 1. The summed E-state index contributed by atoms with van der Waals surface area (Å²) in [5.41, 5.74) is 1.56. The van der Waals surface area contributed by atoms with Crippen LogP contribution in [0.1, 0.15) is 43.9 Å². The first kappa shape index (κ1) is 23.9. The number of halogens is 1. The molecule has 3 saturated heterocycles. The third-order valence-electron chi connectivity index (χ3n) is 7.84. The minimum absolute atomic E-state index is 0.0394. The van der Waals surface area contributed by atoms with E-state index in [1.807, 2.05) is 6.92 Å². The normalized spacial score (nSPS) is 30.5. The van der Waals surface area contributed by atoms with Crippen LogP contribution < -0.4 is 9.64 Å². The Morgan fingerprint density at radius 2 is 2.23 bits per heavy atom. The maximum Gasteiger partial charge on any atom is 0.318 e. The molecule has 0 saturated carbocycles. The average molecular weight is 485 g/mol. The lowest BCUT2D eigenvalue weighted by Crippen LogP contribution is -2.55. The monoisotopic (exact) mass is 484 g/mol. The molecule has 4 aliphatic rings. The highest BCUT2D eigenvalue weighted by atomic mass is 19.1. The van der Waals surface area contributed by atoms with E-state index < -0.39 is 6.17 Å². The molecular formula is C25H33FN6O3. The number of ether oxygens (including phenoxy) is 2. The fourth-order valence-corrected chi connectivity index (χ4v) is 6.08. The number of piperazine rings is 1. The first-order valence-electron chi connectivity index (χ1n) is 12.5. The van der Waals surface area contributed by atoms with E-state index in [9.17, 15) is 14.4 Å². The van der Waals surface area contributed by atoms with Crippen molar-refractivity contribution < 1.29 is 18.7 Å². The molecule has 5 heterocycles. The van der Waals surface area contributed by atoms with Crippen LogP contribution in [0.4, 0.5) is 10.2 Å². The number of carbonyl (C=O) groups excluding carboxylic acids is 1. The molecule has 1 aromatic heterocycles. The van der Waals surface area contributed by atoms with Crippen LogP contribution in [0.3, 0.4) is 0 Å². The zero-order chi connectivity index (χ0) is 24.6. The molecule has 188 valence electrons. The molecule has 0 bridgehead atoms. The number of hydrogen-bond donors (Lipinski definition) is 0. The third-order valence-corrected chi connectivity index (χ3v) is 7.84. The average Bonchev–Trinajstić information content (AvgIpc) is 3.37. The van der Waals surface area contributed by atoms with Crippen molar-refractivity contribution >= 4 is 11.7 Å². The van der Waals surface area contributed by atoms with E-state index in [0.717, 1.165) is 36.5 Å². The summed E-state index contributed by atoms with van der Waals surface area (Å²) >= 11 is 0. The number of anilines is 1. The Kier molecular flexibility index (Phi) is 6.64. The number of hydrogen-bond acceptors (Lipinski definition) is 8. The second-order valence-corrected chi connectivity index (χ2v) is 10.1. The van der Waals surface area contributed by atoms with E-state index >= 15 is 0 Å². The molecule has 0 aromatic carbocycles. The predicted molar refractivity (Wildman–Crippen MR) is 127 cm³/mol. The second kappa shape index (κ2) is 9.70. The standard InChI is InChI=1S/C25H33FN6O3/c1-3-22(33)32-10-9-30(14-19(32)5-7-27)23-20-15-34-17(2)11-21(20)28-24(29-23)35-16-25-6-4-8-31(25)13-18(26)12-25/h3,17-19H,1,4-6,8-16H2,2H3/t17?,18-,19+,25+/m1/s1. The van der Waals surface area contributed by atoms with Crippen molar-refractivity contribution in [3.8, 4) is 12.1 Å². The van der Waals surface area contributed by atoms with Gasteiger partial charge in [-0.05, 0) is 32.4 Å². The van der Waals surface area contributed by atoms with Gasteiger partial charge in [0, 0.05) is 44.6 Å². The van der Waals surface area contributed by atoms with Gasteiger partial charge >= 0.3 is 6.01 Å². The molecule has 0 radical (unpaired) electrons. The van der Waals surface area contributed by atoms with Crippen molar-refractivity contribution in [2.75, 3.05) is 44.2 Å². The molecule has 0 N–H and O–H groups in total. The quantitative estimate of drug-likeness (QED) is 0.566. The number of nitrogens with zero attached hydrogens (tertiary/aromatic N) is 6. The van der Waals surface area contributed by atoms with Crippen molar-refractivity contribution in [3.63, 3.8) is 0 Å². The summed E-state index contributed by atoms with van der Waals surface area (Å²) in [6.07, 6.45) is 3.86. The zero-order valence-corrected chi connectivity index (χ0v) is 20.3. The number of aromatic nitrogens is 2. The highest BCUT2D eigenvalue weighted by molar-refractivity contribution is 5.87. The van der Waals surface area contributed by atoms with Crippen molar-refractivity contribution in [3.05, 3.63) is 23.9 Å². The first-order chi connectivity index (χ1) is 16.9. The van der Waals surface area contributed by atoms with Crippen LogP contribution in [0.2, 0.25) is 0 Å². The lowest BCUT2D eigenvalue weighted by atomic mass is 9.95. The maximum atomic E-state index is 14.2. The van der Waals surface area contributed by atoms with E-state index in [0.29, 0.717) is 58.2 Å². The van der Waals surface area contributed by atoms with Gasteiger partial charge in [-0.25, -0.2) is 4.39 Å². The van der Waals surface area contributed by atoms with Crippen LogP contribution in [0, 0.1) is 11.3 Å². The summed E-state index contributed by atoms with van der Waals surface area (Å²) in [5.74, 6) is 0.569. The van der Waals surface area contributed by atoms with Crippen molar-refractivity contribution in [2.24, 2.45) is 0 Å². The number of carbonyl (C=O) groups is 1. The fraction of sp³-hybridized carbons (Fsp3) is 0.680. The van der Waals surface area contributed by atoms with Gasteiger partial charge in [0.1, 0.15) is 18.6 Å². The maximum absolute atomic E-state index is 14.2. The zero-order valence-electron chi connectivity index (χ0n) is 20.3. The Balaban J connectivity index is 1.41. The molecule has 3 fully saturated rings. The van der Waals surface area contributed by atoms with Crippen molar-refractivity contribution in [1.29, 1.82) is 5.26 Å². The minimum Gasteiger partial charge on any atom is -0.461 e. The number of rotatable bonds is 6. The smallest absolute Gasteiger partial charge is 0.318 e. The van der Waals surface area contributed by atoms with Crippen LogP contribution in [0.25, 0.3) is 0 Å². The Hall–Kier alpha value is -2.77. The van der Waals surface area contributed by atoms with E-state index in [1.54, 1.807) is 4.90 Å². The van der Waals surface area contributed by atoms with Crippen molar-refractivity contribution in [1.82, 2.24) is 19.8 Å². The Morgan fingerprint density at radius 1 is 1.37 bits per heavy atom. The third kappa shape index (κ3) is 4.59. The number of alkyl halides is 1. The second-order valence-electron chi connectivity index (χ2n) is 10.1. The van der Waals surface area contributed by atoms with E-state index in [2.05, 4.69) is 22.4 Å². The molecule has 4 aliphatic heterocycles. The number of fused-ring (bicyclic) bond motifs is 2. The van der Waals surface area contributed by atoms with E-state index in [1.165, 1.54) is 6.08 Å². The van der Waals surface area contributed by atoms with Crippen LogP contribution in [-0.2, 0) is 22.6 Å². The molecule has 1 aromatic rings. The van der Waals surface area contributed by atoms with Gasteiger partial charge in [0.05, 0.1) is 42.5 Å². The van der Waals surface area contributed by atoms with Gasteiger partial charge in [0.2, 0.25) is 5.91 Å². The van der Waals surface area contributed by atoms with Crippen molar-refractivity contribution in [2.45, 2.75) is 69.5 Å². The summed E-state index contributed by atoms with van der Waals surface area (Å²) in [6, 6.07) is 2.24. The molecular weight excluding hydrogens is 451 g/mol. The van der Waals surface area contributed by atoms with E-state index in [-0.39, 0.29) is 30.0 Å². The molecule has 35 heavy (non-hydrogen) atoms. The Bertz CT molecular complexity index is 1030. The highest BCUT2D eigenvalue weighted by Gasteiger charge is 2.49. The highest BCUT2D eigenvalue weighted by Crippen LogP contribution is 2.40. The molecule has 1 unspecified atom stereocenters. The Morgan fingerprint density at radius 3 is 3.03 bits per heavy atom. The fourth-order valence-electron chi connectivity index (χ4n) is 6.08. The Labute approximate surface area is 205 Å². The van der Waals surface area contributed by atoms with Gasteiger partial charge in [0.25, 0.3) is 0 Å². The lowest BCUT2D eigenvalue weighted by Gasteiger charge is -2.41. The first-order valence-corrected chi connectivity index (χ1v) is 12.5. The number of nitriles is 1. The molecule has 0 spiro atoms. The SMILES string of the molecule is C=CC(=O)N1CCN(c2nc(OC[C@@]34CCCN3C[C@H](F)C4)nc3c2COC(C)C3)C[C@@H]1CC#N. The summed E-state index contributed by atoms with van der Waals surface area (Å²) in [7, 11) is 0. The predicted octanol–water partition coefficient (Wildman–Crippen LogP) is 2.01. The summed E-state index contributed by atoms with van der Waals surface area (Å²) in [5, 5.41) is 9.35.